The maximum absolute atomic E-state index is 12.7. The Bertz CT molecular complexity index is 1110. The summed E-state index contributed by atoms with van der Waals surface area (Å²) in [4.78, 5) is 60.6. The molecule has 0 spiro atoms. The van der Waals surface area contributed by atoms with Gasteiger partial charge in [0.05, 0.1) is 6.42 Å². The van der Waals surface area contributed by atoms with E-state index in [4.69, 9.17) is 14.6 Å². The van der Waals surface area contributed by atoms with Crippen molar-refractivity contribution in [1.82, 2.24) is 20.4 Å². The fraction of sp³-hybridized carbons (Fsp3) is 0.435. The third kappa shape index (κ3) is 9.17. The Morgan fingerprint density at radius 2 is 1.77 bits per heavy atom. The zero-order chi connectivity index (χ0) is 29.3. The second-order valence-corrected chi connectivity index (χ2v) is 9.59. The Balaban J connectivity index is 0.000000673. The second-order valence-electron chi connectivity index (χ2n) is 8.48. The Morgan fingerprint density at radius 3 is 2.31 bits per heavy atom. The number of fused-ring (bicyclic) bond motifs is 1. The SMILES string of the molecule is CN(C)CCNC(=O)OCC1=C(C(=O)O)N2C(=O)C(NC(=O)Cc3ccccc3)[C@H]2SC1.O=C(O)C(F)(F)F. The fourth-order valence-corrected chi connectivity index (χ4v) is 4.71. The summed E-state index contributed by atoms with van der Waals surface area (Å²) >= 11 is 1.33. The highest BCUT2D eigenvalue weighted by Gasteiger charge is 2.54. The summed E-state index contributed by atoms with van der Waals surface area (Å²) in [5.74, 6) is -4.56. The number of carbonyl (C=O) groups excluding carboxylic acids is 3. The van der Waals surface area contributed by atoms with Crippen molar-refractivity contribution in [2.24, 2.45) is 0 Å². The van der Waals surface area contributed by atoms with Crippen molar-refractivity contribution in [3.63, 3.8) is 0 Å². The number of rotatable bonds is 9. The summed E-state index contributed by atoms with van der Waals surface area (Å²) in [6.07, 6.45) is -5.61. The number of likely N-dealkylation sites (N-methyl/N-ethyl adjacent to an activating group) is 1. The molecule has 1 fully saturated rings. The molecule has 2 aliphatic rings. The van der Waals surface area contributed by atoms with E-state index < -0.39 is 41.5 Å². The van der Waals surface area contributed by atoms with Gasteiger partial charge in [-0.05, 0) is 19.7 Å². The van der Waals surface area contributed by atoms with E-state index in [1.54, 1.807) is 0 Å². The lowest BCUT2D eigenvalue weighted by Gasteiger charge is -2.49. The highest BCUT2D eigenvalue weighted by atomic mass is 32.2. The number of hydrogen-bond acceptors (Lipinski definition) is 8. The van der Waals surface area contributed by atoms with Crippen LogP contribution in [-0.2, 0) is 30.3 Å². The van der Waals surface area contributed by atoms with E-state index >= 15 is 0 Å². The van der Waals surface area contributed by atoms with Gasteiger partial charge in [0, 0.05) is 24.4 Å². The van der Waals surface area contributed by atoms with E-state index in [2.05, 4.69) is 10.6 Å². The zero-order valence-electron chi connectivity index (χ0n) is 20.9. The average molecular weight is 577 g/mol. The number of carboxylic acids is 2. The molecular weight excluding hydrogens is 549 g/mol. The van der Waals surface area contributed by atoms with Gasteiger partial charge in [-0.1, -0.05) is 30.3 Å². The van der Waals surface area contributed by atoms with Gasteiger partial charge in [0.15, 0.2) is 0 Å². The van der Waals surface area contributed by atoms with Gasteiger partial charge in [0.25, 0.3) is 5.91 Å². The third-order valence-corrected chi connectivity index (χ3v) is 6.56. The Morgan fingerprint density at radius 1 is 1.15 bits per heavy atom. The monoisotopic (exact) mass is 576 g/mol. The van der Waals surface area contributed by atoms with Crippen LogP contribution in [0.15, 0.2) is 41.6 Å². The first-order valence-corrected chi connectivity index (χ1v) is 12.4. The largest absolute Gasteiger partial charge is 0.490 e. The number of aliphatic carboxylic acids is 2. The molecule has 3 rings (SSSR count). The number of carbonyl (C=O) groups is 5. The van der Waals surface area contributed by atoms with Crippen LogP contribution in [0.25, 0.3) is 0 Å². The van der Waals surface area contributed by atoms with Crippen LogP contribution >= 0.6 is 11.8 Å². The lowest BCUT2D eigenvalue weighted by Crippen LogP contribution is -2.70. The van der Waals surface area contributed by atoms with E-state index in [0.29, 0.717) is 18.7 Å². The number of thioether (sulfide) groups is 1. The van der Waals surface area contributed by atoms with Crippen LogP contribution < -0.4 is 10.6 Å². The van der Waals surface area contributed by atoms with Gasteiger partial charge in [0.2, 0.25) is 5.91 Å². The summed E-state index contributed by atoms with van der Waals surface area (Å²) in [5.41, 5.74) is 0.969. The molecule has 0 aliphatic carbocycles. The Kier molecular flexibility index (Phi) is 11.2. The fourth-order valence-electron chi connectivity index (χ4n) is 3.39. The maximum atomic E-state index is 12.7. The van der Waals surface area contributed by atoms with Crippen LogP contribution in [0.4, 0.5) is 18.0 Å². The number of hydrogen-bond donors (Lipinski definition) is 4. The van der Waals surface area contributed by atoms with Crippen molar-refractivity contribution >= 4 is 41.6 Å². The van der Waals surface area contributed by atoms with Gasteiger partial charge in [-0.15, -0.1) is 11.8 Å². The van der Waals surface area contributed by atoms with Gasteiger partial charge in [-0.2, -0.15) is 13.2 Å². The predicted molar refractivity (Wildman–Crippen MR) is 131 cm³/mol. The van der Waals surface area contributed by atoms with Crippen LogP contribution in [0.3, 0.4) is 0 Å². The number of alkyl carbamates (subject to hydrolysis) is 1. The van der Waals surface area contributed by atoms with E-state index in [1.165, 1.54) is 11.8 Å². The molecule has 1 aromatic rings. The molecule has 0 bridgehead atoms. The first kappa shape index (κ1) is 31.4. The van der Waals surface area contributed by atoms with E-state index in [1.807, 2.05) is 49.3 Å². The third-order valence-electron chi connectivity index (χ3n) is 5.22. The van der Waals surface area contributed by atoms with Crippen LogP contribution in [0.1, 0.15) is 5.56 Å². The highest BCUT2D eigenvalue weighted by molar-refractivity contribution is 8.00. The Hall–Kier alpha value is -3.79. The van der Waals surface area contributed by atoms with Gasteiger partial charge in [0.1, 0.15) is 23.7 Å². The molecule has 0 radical (unpaired) electrons. The normalized spacial score (nSPS) is 18.3. The number of ether oxygens (including phenoxy) is 1. The standard InChI is InChI=1S/C21H26N4O6S.C2HF3O2/c1-24(2)9-8-22-21(30)31-11-14-12-32-19-16(18(27)25(19)17(14)20(28)29)23-15(26)10-13-6-4-3-5-7-13;3-2(4,5)1(6)7/h3-7,16,19H,8-12H2,1-2H3,(H,22,30)(H,23,26)(H,28,29);(H,6,7)/t16?,19-;/m1./s1. The van der Waals surface area contributed by atoms with E-state index in [0.717, 1.165) is 10.5 Å². The molecule has 1 unspecified atom stereocenters. The van der Waals surface area contributed by atoms with Crippen molar-refractivity contribution in [3.8, 4) is 0 Å². The summed E-state index contributed by atoms with van der Waals surface area (Å²) < 4.78 is 36.9. The topological polar surface area (TPSA) is 166 Å². The number of nitrogens with one attached hydrogen (secondary N) is 2. The predicted octanol–water partition coefficient (Wildman–Crippen LogP) is 0.889. The van der Waals surface area contributed by atoms with Gasteiger partial charge < -0.3 is 30.5 Å². The van der Waals surface area contributed by atoms with Gasteiger partial charge >= 0.3 is 24.2 Å². The molecule has 2 atom stereocenters. The summed E-state index contributed by atoms with van der Waals surface area (Å²) in [5, 5.41) is 21.6. The number of carboxylic acid groups (broad SMARTS) is 2. The molecule has 4 N–H and O–H groups in total. The van der Waals surface area contributed by atoms with Crippen LogP contribution in [0.5, 0.6) is 0 Å². The summed E-state index contributed by atoms with van der Waals surface area (Å²) in [6, 6.07) is 8.35. The molecule has 2 aliphatic heterocycles. The van der Waals surface area contributed by atoms with E-state index in [9.17, 15) is 37.5 Å². The Labute approximate surface area is 225 Å². The molecule has 0 aromatic heterocycles. The summed E-state index contributed by atoms with van der Waals surface area (Å²) in [7, 11) is 3.74. The molecule has 2 heterocycles. The van der Waals surface area contributed by atoms with E-state index in [-0.39, 0.29) is 30.4 Å². The number of alkyl halides is 3. The van der Waals surface area contributed by atoms with Crippen LogP contribution in [0, 0.1) is 0 Å². The molecule has 12 nitrogen and oxygen atoms in total. The number of nitrogens with zero attached hydrogens (tertiary/aromatic N) is 2. The molecule has 3 amide bonds. The molecule has 1 saturated heterocycles. The zero-order valence-corrected chi connectivity index (χ0v) is 21.7. The van der Waals surface area contributed by atoms with Crippen LogP contribution in [0.2, 0.25) is 0 Å². The smallest absolute Gasteiger partial charge is 0.477 e. The van der Waals surface area contributed by atoms with Crippen molar-refractivity contribution in [2.45, 2.75) is 24.0 Å². The number of β-lactam (4-membered cyclic amide) rings is 1. The minimum Gasteiger partial charge on any atom is -0.477 e. The van der Waals surface area contributed by atoms with Crippen molar-refractivity contribution < 1.29 is 52.1 Å². The van der Waals surface area contributed by atoms with Crippen molar-refractivity contribution in [1.29, 1.82) is 0 Å². The first-order valence-electron chi connectivity index (χ1n) is 11.3. The van der Waals surface area contributed by atoms with Crippen LogP contribution in [-0.4, -0.2) is 107 Å². The van der Waals surface area contributed by atoms with Crippen molar-refractivity contribution in [3.05, 3.63) is 47.2 Å². The quantitative estimate of drug-likeness (QED) is 0.310. The molecule has 1 aromatic carbocycles. The van der Waals surface area contributed by atoms with Crippen molar-refractivity contribution in [2.75, 3.05) is 39.5 Å². The number of amides is 3. The minimum absolute atomic E-state index is 0.131. The van der Waals surface area contributed by atoms with Gasteiger partial charge in [-0.25, -0.2) is 14.4 Å². The number of halogens is 3. The maximum Gasteiger partial charge on any atom is 0.490 e. The lowest BCUT2D eigenvalue weighted by atomic mass is 10.0. The average Bonchev–Trinajstić information content (AvgIpc) is 2.85. The lowest BCUT2D eigenvalue weighted by molar-refractivity contribution is -0.192. The molecule has 0 saturated carbocycles. The molecule has 16 heteroatoms. The minimum atomic E-state index is -5.08. The number of benzene rings is 1. The molecule has 39 heavy (non-hydrogen) atoms. The second kappa shape index (κ2) is 13.8. The molecule has 214 valence electrons. The summed E-state index contributed by atoms with van der Waals surface area (Å²) in [6.45, 7) is 0.793. The first-order chi connectivity index (χ1) is 18.2. The molecular formula is C23H27F3N4O8S. The van der Waals surface area contributed by atoms with Gasteiger partial charge in [-0.3, -0.25) is 14.5 Å². The highest BCUT2D eigenvalue weighted by Crippen LogP contribution is 2.40.